The van der Waals surface area contributed by atoms with Crippen molar-refractivity contribution in [2.75, 3.05) is 26.1 Å². The van der Waals surface area contributed by atoms with E-state index >= 15 is 0 Å². The first kappa shape index (κ1) is 11.6. The van der Waals surface area contributed by atoms with Crippen molar-refractivity contribution < 1.29 is 19.0 Å². The summed E-state index contributed by atoms with van der Waals surface area (Å²) in [5, 5.41) is 3.12. The lowest BCUT2D eigenvalue weighted by Gasteiger charge is -2.34. The van der Waals surface area contributed by atoms with E-state index in [0.717, 1.165) is 0 Å². The molecule has 0 radical (unpaired) electrons. The Morgan fingerprint density at radius 1 is 1.47 bits per heavy atom. The van der Waals surface area contributed by atoms with E-state index in [1.807, 2.05) is 12.1 Å². The van der Waals surface area contributed by atoms with Crippen molar-refractivity contribution in [2.45, 2.75) is 12.5 Å². The molecule has 0 spiro atoms. The SMILES string of the molecule is COC(=O)C1(C)COc2cccc(OC)c2N1. The van der Waals surface area contributed by atoms with Crippen LogP contribution in [0.15, 0.2) is 18.2 Å². The van der Waals surface area contributed by atoms with Crippen molar-refractivity contribution >= 4 is 11.7 Å². The minimum absolute atomic E-state index is 0.222. The average molecular weight is 237 g/mol. The number of rotatable bonds is 2. The number of carbonyl (C=O) groups is 1. The topological polar surface area (TPSA) is 56.8 Å². The second-order valence-corrected chi connectivity index (χ2v) is 4.07. The molecule has 1 N–H and O–H groups in total. The van der Waals surface area contributed by atoms with Gasteiger partial charge in [-0.15, -0.1) is 0 Å². The number of anilines is 1. The van der Waals surface area contributed by atoms with E-state index in [4.69, 9.17) is 14.2 Å². The molecular formula is C12H15NO4. The van der Waals surface area contributed by atoms with Crippen LogP contribution >= 0.6 is 0 Å². The second-order valence-electron chi connectivity index (χ2n) is 4.07. The smallest absolute Gasteiger partial charge is 0.334 e. The van der Waals surface area contributed by atoms with E-state index in [1.54, 1.807) is 20.1 Å². The first-order valence-electron chi connectivity index (χ1n) is 5.27. The molecule has 1 aliphatic rings. The molecule has 17 heavy (non-hydrogen) atoms. The second kappa shape index (κ2) is 4.16. The first-order chi connectivity index (χ1) is 8.10. The highest BCUT2D eigenvalue weighted by Gasteiger charge is 2.40. The van der Waals surface area contributed by atoms with Crippen molar-refractivity contribution in [3.63, 3.8) is 0 Å². The molecule has 0 aromatic heterocycles. The van der Waals surface area contributed by atoms with Crippen LogP contribution < -0.4 is 14.8 Å². The first-order valence-corrected chi connectivity index (χ1v) is 5.27. The molecule has 1 aliphatic heterocycles. The van der Waals surface area contributed by atoms with Crippen molar-refractivity contribution in [3.05, 3.63) is 18.2 Å². The third-order valence-corrected chi connectivity index (χ3v) is 2.76. The number of fused-ring (bicyclic) bond motifs is 1. The maximum atomic E-state index is 11.7. The summed E-state index contributed by atoms with van der Waals surface area (Å²) in [5.41, 5.74) is -0.217. The third-order valence-electron chi connectivity index (χ3n) is 2.76. The molecular weight excluding hydrogens is 222 g/mol. The lowest BCUT2D eigenvalue weighted by molar-refractivity contribution is -0.146. The summed E-state index contributed by atoms with van der Waals surface area (Å²) in [5.74, 6) is 0.942. The molecule has 0 aliphatic carbocycles. The summed E-state index contributed by atoms with van der Waals surface area (Å²) in [4.78, 5) is 11.7. The molecule has 1 heterocycles. The quantitative estimate of drug-likeness (QED) is 0.788. The van der Waals surface area contributed by atoms with Crippen LogP contribution in [0.4, 0.5) is 5.69 Å². The van der Waals surface area contributed by atoms with Gasteiger partial charge in [0.15, 0.2) is 5.54 Å². The van der Waals surface area contributed by atoms with Gasteiger partial charge in [-0.2, -0.15) is 0 Å². The van der Waals surface area contributed by atoms with Gasteiger partial charge < -0.3 is 19.5 Å². The van der Waals surface area contributed by atoms with Gasteiger partial charge in [0.2, 0.25) is 0 Å². The van der Waals surface area contributed by atoms with Crippen molar-refractivity contribution in [2.24, 2.45) is 0 Å². The number of benzene rings is 1. The number of hydrogen-bond acceptors (Lipinski definition) is 5. The Labute approximate surface area is 99.7 Å². The van der Waals surface area contributed by atoms with Crippen LogP contribution in [0.5, 0.6) is 11.5 Å². The number of esters is 1. The standard InChI is InChI=1S/C12H15NO4/c1-12(11(14)16-3)7-17-9-6-4-5-8(15-2)10(9)13-12/h4-6,13H,7H2,1-3H3. The van der Waals surface area contributed by atoms with Crippen molar-refractivity contribution in [3.8, 4) is 11.5 Å². The maximum Gasteiger partial charge on any atom is 0.334 e. The Morgan fingerprint density at radius 2 is 2.24 bits per heavy atom. The molecule has 2 rings (SSSR count). The zero-order valence-electron chi connectivity index (χ0n) is 10.1. The molecule has 5 nitrogen and oxygen atoms in total. The lowest BCUT2D eigenvalue weighted by atomic mass is 10.0. The van der Waals surface area contributed by atoms with Crippen LogP contribution in [0.3, 0.4) is 0 Å². The van der Waals surface area contributed by atoms with Crippen LogP contribution in [0.1, 0.15) is 6.92 Å². The molecule has 1 atom stereocenters. The van der Waals surface area contributed by atoms with Gasteiger partial charge in [0.25, 0.3) is 0 Å². The fraction of sp³-hybridized carbons (Fsp3) is 0.417. The van der Waals surface area contributed by atoms with Crippen LogP contribution in [-0.4, -0.2) is 32.3 Å². The van der Waals surface area contributed by atoms with Crippen molar-refractivity contribution in [1.29, 1.82) is 0 Å². The summed E-state index contributed by atoms with van der Waals surface area (Å²) in [6, 6.07) is 5.46. The molecule has 1 aromatic carbocycles. The van der Waals surface area contributed by atoms with Gasteiger partial charge in [0, 0.05) is 0 Å². The molecule has 0 fully saturated rings. The summed E-state index contributed by atoms with van der Waals surface area (Å²) in [7, 11) is 2.92. The van der Waals surface area contributed by atoms with Gasteiger partial charge in [0.1, 0.15) is 23.8 Å². The number of carbonyl (C=O) groups excluding carboxylic acids is 1. The minimum Gasteiger partial charge on any atom is -0.494 e. The van der Waals surface area contributed by atoms with E-state index in [-0.39, 0.29) is 12.6 Å². The molecule has 1 aromatic rings. The molecule has 0 saturated carbocycles. The summed E-state index contributed by atoms with van der Waals surface area (Å²) >= 11 is 0. The fourth-order valence-corrected chi connectivity index (χ4v) is 1.79. The van der Waals surface area contributed by atoms with E-state index in [0.29, 0.717) is 17.2 Å². The predicted octanol–water partition coefficient (Wildman–Crippen LogP) is 1.43. The van der Waals surface area contributed by atoms with Gasteiger partial charge in [-0.3, -0.25) is 0 Å². The Kier molecular flexibility index (Phi) is 2.83. The number of methoxy groups -OCH3 is 2. The Balaban J connectivity index is 2.37. The van der Waals surface area contributed by atoms with E-state index in [2.05, 4.69) is 5.32 Å². The third kappa shape index (κ3) is 1.88. The van der Waals surface area contributed by atoms with Gasteiger partial charge in [0.05, 0.1) is 14.2 Å². The zero-order chi connectivity index (χ0) is 12.5. The highest BCUT2D eigenvalue weighted by atomic mass is 16.5. The number of nitrogens with one attached hydrogen (secondary N) is 1. The van der Waals surface area contributed by atoms with Gasteiger partial charge in [-0.25, -0.2) is 4.79 Å². The van der Waals surface area contributed by atoms with Crippen LogP contribution in [0.25, 0.3) is 0 Å². The normalized spacial score (nSPS) is 21.8. The van der Waals surface area contributed by atoms with Crippen LogP contribution in [0.2, 0.25) is 0 Å². The monoisotopic (exact) mass is 237 g/mol. The largest absolute Gasteiger partial charge is 0.494 e. The van der Waals surface area contributed by atoms with Crippen LogP contribution in [-0.2, 0) is 9.53 Å². The van der Waals surface area contributed by atoms with Gasteiger partial charge >= 0.3 is 5.97 Å². The fourth-order valence-electron chi connectivity index (χ4n) is 1.79. The Morgan fingerprint density at radius 3 is 2.88 bits per heavy atom. The molecule has 0 bridgehead atoms. The van der Waals surface area contributed by atoms with E-state index in [1.165, 1.54) is 7.11 Å². The summed E-state index contributed by atoms with van der Waals surface area (Å²) in [6.07, 6.45) is 0. The van der Waals surface area contributed by atoms with E-state index in [9.17, 15) is 4.79 Å². The molecule has 1 unspecified atom stereocenters. The average Bonchev–Trinajstić information content (AvgIpc) is 2.37. The zero-order valence-corrected chi connectivity index (χ0v) is 10.1. The highest BCUT2D eigenvalue weighted by molar-refractivity contribution is 5.87. The van der Waals surface area contributed by atoms with E-state index < -0.39 is 5.54 Å². The van der Waals surface area contributed by atoms with Crippen LogP contribution in [0, 0.1) is 0 Å². The Bertz CT molecular complexity index is 432. The number of hydrogen-bond donors (Lipinski definition) is 1. The molecule has 5 heteroatoms. The minimum atomic E-state index is -0.892. The maximum absolute atomic E-state index is 11.7. The molecule has 0 amide bonds. The van der Waals surface area contributed by atoms with Gasteiger partial charge in [-0.1, -0.05) is 6.07 Å². The predicted molar refractivity (Wildman–Crippen MR) is 62.5 cm³/mol. The number of para-hydroxylation sites is 1. The molecule has 92 valence electrons. The Hall–Kier alpha value is -1.91. The molecule has 0 saturated heterocycles. The lowest BCUT2D eigenvalue weighted by Crippen LogP contribution is -2.51. The summed E-state index contributed by atoms with van der Waals surface area (Å²) < 4.78 is 15.5. The highest BCUT2D eigenvalue weighted by Crippen LogP contribution is 2.39. The summed E-state index contributed by atoms with van der Waals surface area (Å²) in [6.45, 7) is 1.95. The van der Waals surface area contributed by atoms with Crippen molar-refractivity contribution in [1.82, 2.24) is 0 Å². The van der Waals surface area contributed by atoms with Gasteiger partial charge in [-0.05, 0) is 19.1 Å². The number of ether oxygens (including phenoxy) is 3.